The first-order chi connectivity index (χ1) is 6.90. The average molecular weight is 274 g/mol. The topological polar surface area (TPSA) is 29.5 Å². The minimum Gasteiger partial charge on any atom is -0.434 e. The summed E-state index contributed by atoms with van der Waals surface area (Å²) >= 11 is 3.30. The van der Waals surface area contributed by atoms with Crippen molar-refractivity contribution in [3.63, 3.8) is 0 Å². The van der Waals surface area contributed by atoms with Gasteiger partial charge in [-0.25, -0.2) is 0 Å². The molecule has 3 saturated carbocycles. The highest BCUT2D eigenvalue weighted by Crippen LogP contribution is 2.63. The molecule has 0 aliphatic heterocycles. The van der Waals surface area contributed by atoms with E-state index in [0.29, 0.717) is 5.92 Å². The number of hydrogen-bond donors (Lipinski definition) is 1. The molecule has 4 unspecified atom stereocenters. The molecule has 0 aromatic carbocycles. The zero-order chi connectivity index (χ0) is 11.3. The van der Waals surface area contributed by atoms with E-state index in [1.165, 1.54) is 0 Å². The standard InChI is InChI=1S/C11H19BBrO2/c1-10(2)7-4-8(10)11(3,14)9(5-7)15-12-6-13/h7-9,14H,4-6H2,1-3H3. The highest BCUT2D eigenvalue weighted by Gasteiger charge is 2.62. The van der Waals surface area contributed by atoms with Crippen LogP contribution in [0.5, 0.6) is 0 Å². The van der Waals surface area contributed by atoms with Crippen LogP contribution in [0.4, 0.5) is 0 Å². The Labute approximate surface area is 101 Å². The maximum atomic E-state index is 10.5. The Hall–Kier alpha value is 0.465. The van der Waals surface area contributed by atoms with Crippen molar-refractivity contribution in [3.8, 4) is 0 Å². The van der Waals surface area contributed by atoms with Crippen LogP contribution in [-0.2, 0) is 4.65 Å². The minimum atomic E-state index is -0.670. The van der Waals surface area contributed by atoms with Gasteiger partial charge in [-0.15, -0.1) is 0 Å². The average Bonchev–Trinajstić information content (AvgIpc) is 2.14. The van der Waals surface area contributed by atoms with Gasteiger partial charge in [-0.3, -0.25) is 0 Å². The number of fused-ring (bicyclic) bond motifs is 2. The Morgan fingerprint density at radius 2 is 2.07 bits per heavy atom. The largest absolute Gasteiger partial charge is 0.434 e. The van der Waals surface area contributed by atoms with Crippen LogP contribution in [0, 0.1) is 17.3 Å². The summed E-state index contributed by atoms with van der Waals surface area (Å²) in [5, 5.41) is 11.3. The van der Waals surface area contributed by atoms with E-state index in [4.69, 9.17) is 4.65 Å². The third kappa shape index (κ3) is 1.69. The molecular weight excluding hydrogens is 255 g/mol. The highest BCUT2D eigenvalue weighted by atomic mass is 79.9. The second-order valence-electron chi connectivity index (χ2n) is 5.71. The minimum absolute atomic E-state index is 0.0215. The maximum Gasteiger partial charge on any atom is 0.304 e. The van der Waals surface area contributed by atoms with E-state index in [9.17, 15) is 5.11 Å². The van der Waals surface area contributed by atoms with Crippen LogP contribution in [0.15, 0.2) is 0 Å². The quantitative estimate of drug-likeness (QED) is 0.631. The molecule has 1 radical (unpaired) electrons. The maximum absolute atomic E-state index is 10.5. The van der Waals surface area contributed by atoms with Crippen LogP contribution >= 0.6 is 15.9 Å². The molecule has 0 heterocycles. The lowest BCUT2D eigenvalue weighted by Gasteiger charge is -2.65. The number of rotatable bonds is 3. The molecule has 15 heavy (non-hydrogen) atoms. The van der Waals surface area contributed by atoms with E-state index in [-0.39, 0.29) is 11.5 Å². The fraction of sp³-hybridized carbons (Fsp3) is 1.00. The van der Waals surface area contributed by atoms with Gasteiger partial charge in [-0.1, -0.05) is 29.8 Å². The summed E-state index contributed by atoms with van der Waals surface area (Å²) in [6.07, 6.45) is 2.13. The summed E-state index contributed by atoms with van der Waals surface area (Å²) in [6, 6.07) is 0. The van der Waals surface area contributed by atoms with Crippen molar-refractivity contribution in [1.82, 2.24) is 0 Å². The second-order valence-corrected chi connectivity index (χ2v) is 6.36. The SMILES string of the molecule is CC1(C)C2CC(O[B]CBr)C(C)(O)C1C2. The lowest BCUT2D eigenvalue weighted by atomic mass is 9.43. The van der Waals surface area contributed by atoms with E-state index >= 15 is 0 Å². The molecule has 0 aromatic rings. The van der Waals surface area contributed by atoms with Gasteiger partial charge in [0.05, 0.1) is 11.7 Å². The van der Waals surface area contributed by atoms with E-state index in [0.717, 1.165) is 24.0 Å². The molecule has 3 aliphatic carbocycles. The van der Waals surface area contributed by atoms with Crippen LogP contribution < -0.4 is 0 Å². The number of hydrogen-bond acceptors (Lipinski definition) is 2. The molecule has 3 fully saturated rings. The van der Waals surface area contributed by atoms with Crippen molar-refractivity contribution < 1.29 is 9.76 Å². The Balaban J connectivity index is 2.07. The van der Waals surface area contributed by atoms with Crippen molar-refractivity contribution in [2.75, 3.05) is 5.23 Å². The van der Waals surface area contributed by atoms with Crippen molar-refractivity contribution >= 4 is 23.4 Å². The fourth-order valence-corrected chi connectivity index (χ4v) is 3.63. The highest BCUT2D eigenvalue weighted by molar-refractivity contribution is 9.09. The Kier molecular flexibility index (Phi) is 2.98. The van der Waals surface area contributed by atoms with E-state index < -0.39 is 5.60 Å². The summed E-state index contributed by atoms with van der Waals surface area (Å²) in [5.74, 6) is 1.11. The summed E-state index contributed by atoms with van der Waals surface area (Å²) in [5.41, 5.74) is -0.380. The van der Waals surface area contributed by atoms with Crippen LogP contribution in [0.3, 0.4) is 0 Å². The number of aliphatic hydroxyl groups is 1. The van der Waals surface area contributed by atoms with Crippen molar-refractivity contribution in [1.29, 1.82) is 0 Å². The Morgan fingerprint density at radius 1 is 1.40 bits per heavy atom. The van der Waals surface area contributed by atoms with Gasteiger partial charge in [0.2, 0.25) is 0 Å². The lowest BCUT2D eigenvalue weighted by Crippen LogP contribution is -2.67. The third-order valence-electron chi connectivity index (χ3n) is 4.65. The van der Waals surface area contributed by atoms with Gasteiger partial charge < -0.3 is 9.76 Å². The van der Waals surface area contributed by atoms with E-state index in [2.05, 4.69) is 29.8 Å². The van der Waals surface area contributed by atoms with Gasteiger partial charge in [0.25, 0.3) is 0 Å². The van der Waals surface area contributed by atoms with E-state index in [1.807, 2.05) is 6.92 Å². The molecule has 3 aliphatic rings. The smallest absolute Gasteiger partial charge is 0.304 e. The normalized spacial score (nSPS) is 47.1. The van der Waals surface area contributed by atoms with Crippen LogP contribution in [0.1, 0.15) is 33.6 Å². The number of alkyl halides is 1. The molecule has 85 valence electrons. The number of halogens is 1. The van der Waals surface area contributed by atoms with Crippen molar-refractivity contribution in [3.05, 3.63) is 0 Å². The first kappa shape index (κ1) is 11.9. The van der Waals surface area contributed by atoms with Gasteiger partial charge >= 0.3 is 7.48 Å². The molecule has 2 nitrogen and oxygen atoms in total. The predicted octanol–water partition coefficient (Wildman–Crippen LogP) is 2.16. The summed E-state index contributed by atoms with van der Waals surface area (Å²) in [6.45, 7) is 6.47. The molecule has 1 N–H and O–H groups in total. The zero-order valence-corrected chi connectivity index (χ0v) is 11.3. The molecule has 0 spiro atoms. The van der Waals surface area contributed by atoms with Crippen LogP contribution in [-0.4, -0.2) is 29.5 Å². The molecule has 4 atom stereocenters. The first-order valence-corrected chi connectivity index (χ1v) is 6.78. The summed E-state index contributed by atoms with van der Waals surface area (Å²) in [4.78, 5) is 0. The zero-order valence-electron chi connectivity index (χ0n) is 9.66. The van der Waals surface area contributed by atoms with Gasteiger partial charge in [0.15, 0.2) is 0 Å². The molecule has 0 saturated heterocycles. The molecule has 2 bridgehead atoms. The lowest BCUT2D eigenvalue weighted by molar-refractivity contribution is -0.238. The predicted molar refractivity (Wildman–Crippen MR) is 65.0 cm³/mol. The van der Waals surface area contributed by atoms with Crippen molar-refractivity contribution in [2.45, 2.75) is 45.3 Å². The monoisotopic (exact) mass is 273 g/mol. The van der Waals surface area contributed by atoms with Gasteiger partial charge in [0.1, 0.15) is 0 Å². The Morgan fingerprint density at radius 3 is 2.53 bits per heavy atom. The van der Waals surface area contributed by atoms with Crippen LogP contribution in [0.25, 0.3) is 0 Å². The molecular formula is C11H19BBrO2. The first-order valence-electron chi connectivity index (χ1n) is 5.66. The van der Waals surface area contributed by atoms with Gasteiger partial charge in [-0.05, 0) is 37.0 Å². The van der Waals surface area contributed by atoms with Gasteiger partial charge in [-0.2, -0.15) is 0 Å². The van der Waals surface area contributed by atoms with Crippen LogP contribution in [0.2, 0.25) is 0 Å². The Bertz CT molecular complexity index is 255. The molecule has 0 amide bonds. The summed E-state index contributed by atoms with van der Waals surface area (Å²) < 4.78 is 5.62. The second kappa shape index (κ2) is 3.74. The third-order valence-corrected chi connectivity index (χ3v) is 4.91. The fourth-order valence-electron chi connectivity index (χ4n) is 3.47. The summed E-state index contributed by atoms with van der Waals surface area (Å²) in [7, 11) is 1.75. The molecule has 0 aromatic heterocycles. The van der Waals surface area contributed by atoms with Gasteiger partial charge in [0, 0.05) is 5.23 Å². The van der Waals surface area contributed by atoms with Crippen molar-refractivity contribution in [2.24, 2.45) is 17.3 Å². The van der Waals surface area contributed by atoms with E-state index in [1.54, 1.807) is 7.48 Å². The molecule has 3 rings (SSSR count). The molecule has 4 heteroatoms.